The van der Waals surface area contributed by atoms with E-state index in [1.807, 2.05) is 25.5 Å². The first-order valence-electron chi connectivity index (χ1n) is 13.6. The van der Waals surface area contributed by atoms with Crippen molar-refractivity contribution in [1.82, 2.24) is 29.8 Å². The van der Waals surface area contributed by atoms with Crippen molar-refractivity contribution in [2.75, 3.05) is 13.1 Å². The van der Waals surface area contributed by atoms with E-state index in [1.165, 1.54) is 12.8 Å². The topological polar surface area (TPSA) is 89.9 Å². The smallest absolute Gasteiger partial charge is 0.206 e. The maximum absolute atomic E-state index is 12.8. The Morgan fingerprint density at radius 3 is 2.47 bits per heavy atom. The number of aryl methyl sites for hydroxylation is 1. The van der Waals surface area contributed by atoms with Gasteiger partial charge in [0.25, 0.3) is 0 Å². The van der Waals surface area contributed by atoms with Crippen LogP contribution >= 0.6 is 11.6 Å². The van der Waals surface area contributed by atoms with Crippen molar-refractivity contribution < 1.29 is 9.32 Å². The Bertz CT molecular complexity index is 1150. The minimum atomic E-state index is -0.0146. The van der Waals surface area contributed by atoms with Gasteiger partial charge in [-0.3, -0.25) is 9.69 Å². The normalized spacial score (nSPS) is 14.8. The number of nitrogens with zero attached hydrogens (tertiary/aromatic N) is 6. The molecular formula is C27H41ClN6O2. The predicted molar refractivity (Wildman–Crippen MR) is 145 cm³/mol. The number of ketones is 1. The van der Waals surface area contributed by atoms with Crippen LogP contribution in [0.5, 0.6) is 0 Å². The molecule has 8 nitrogen and oxygen atoms in total. The molecule has 1 aliphatic heterocycles. The molecule has 4 rings (SSSR count). The molecule has 0 saturated carbocycles. The molecule has 1 saturated heterocycles. The quantitative estimate of drug-likeness (QED) is 0.207. The van der Waals surface area contributed by atoms with Gasteiger partial charge in [0.2, 0.25) is 11.5 Å². The summed E-state index contributed by atoms with van der Waals surface area (Å²) in [5.41, 5.74) is 2.80. The number of hydrogen-bond donors (Lipinski definition) is 0. The van der Waals surface area contributed by atoms with E-state index in [9.17, 15) is 4.79 Å². The van der Waals surface area contributed by atoms with Gasteiger partial charge in [-0.1, -0.05) is 57.3 Å². The summed E-state index contributed by atoms with van der Waals surface area (Å²) >= 11 is 6.65. The Labute approximate surface area is 219 Å². The molecule has 3 aromatic heterocycles. The SMILES string of the molecule is CC.CCCCC(=O)c1onc(-c2nc(Cl)c3c(C)nn(C[C@H](C)N4CCCC4)c3n2)c1CCCC. The second-order valence-electron chi connectivity index (χ2n) is 9.37. The zero-order chi connectivity index (χ0) is 26.2. The lowest BCUT2D eigenvalue weighted by Gasteiger charge is -2.23. The highest BCUT2D eigenvalue weighted by Gasteiger charge is 2.26. The maximum Gasteiger partial charge on any atom is 0.206 e. The van der Waals surface area contributed by atoms with Crippen LogP contribution in [0.2, 0.25) is 5.15 Å². The molecule has 1 atom stereocenters. The summed E-state index contributed by atoms with van der Waals surface area (Å²) in [6.45, 7) is 15.3. The van der Waals surface area contributed by atoms with Crippen molar-refractivity contribution >= 4 is 28.4 Å². The van der Waals surface area contributed by atoms with E-state index in [4.69, 9.17) is 26.2 Å². The van der Waals surface area contributed by atoms with Crippen molar-refractivity contribution in [2.45, 2.75) is 105 Å². The molecule has 1 aliphatic rings. The zero-order valence-electron chi connectivity index (χ0n) is 22.7. The van der Waals surface area contributed by atoms with E-state index < -0.39 is 0 Å². The zero-order valence-corrected chi connectivity index (χ0v) is 23.5. The van der Waals surface area contributed by atoms with Crippen LogP contribution in [0.4, 0.5) is 0 Å². The number of fused-ring (bicyclic) bond motifs is 1. The summed E-state index contributed by atoms with van der Waals surface area (Å²) in [5, 5.41) is 10.1. The number of Topliss-reactive ketones (excluding diaryl/α,β-unsaturated/α-hetero) is 1. The minimum absolute atomic E-state index is 0.0146. The lowest BCUT2D eigenvalue weighted by atomic mass is 10.0. The fourth-order valence-electron chi connectivity index (χ4n) is 4.72. The second kappa shape index (κ2) is 13.3. The lowest BCUT2D eigenvalue weighted by Crippen LogP contribution is -2.34. The Balaban J connectivity index is 0.00000176. The van der Waals surface area contributed by atoms with Gasteiger partial charge in [0.1, 0.15) is 5.15 Å². The van der Waals surface area contributed by atoms with Crippen molar-refractivity contribution in [3.8, 4) is 11.5 Å². The molecule has 0 spiro atoms. The summed E-state index contributed by atoms with van der Waals surface area (Å²) in [5.74, 6) is 0.708. The molecule has 0 radical (unpaired) electrons. The van der Waals surface area contributed by atoms with Crippen molar-refractivity contribution in [3.63, 3.8) is 0 Å². The van der Waals surface area contributed by atoms with Gasteiger partial charge in [0.15, 0.2) is 17.2 Å². The van der Waals surface area contributed by atoms with E-state index in [-0.39, 0.29) is 5.78 Å². The van der Waals surface area contributed by atoms with Crippen LogP contribution in [0, 0.1) is 6.92 Å². The largest absolute Gasteiger partial charge is 0.352 e. The number of hydrogen-bond acceptors (Lipinski definition) is 7. The van der Waals surface area contributed by atoms with Gasteiger partial charge in [0, 0.05) is 18.0 Å². The van der Waals surface area contributed by atoms with Crippen molar-refractivity contribution in [1.29, 1.82) is 0 Å². The van der Waals surface area contributed by atoms with Crippen LogP contribution in [-0.4, -0.2) is 54.7 Å². The van der Waals surface area contributed by atoms with Crippen LogP contribution in [-0.2, 0) is 13.0 Å². The second-order valence-corrected chi connectivity index (χ2v) is 9.72. The Hall–Kier alpha value is -2.32. The third kappa shape index (κ3) is 6.14. The fraction of sp³-hybridized carbons (Fsp3) is 0.667. The number of carbonyl (C=O) groups is 1. The molecular weight excluding hydrogens is 476 g/mol. The monoisotopic (exact) mass is 516 g/mol. The summed E-state index contributed by atoms with van der Waals surface area (Å²) in [6, 6.07) is 0.345. The maximum atomic E-state index is 12.8. The molecule has 0 aliphatic carbocycles. The first-order valence-corrected chi connectivity index (χ1v) is 14.0. The molecule has 0 amide bonds. The molecule has 9 heteroatoms. The molecule has 4 heterocycles. The summed E-state index contributed by atoms with van der Waals surface area (Å²) < 4.78 is 7.51. The van der Waals surface area contributed by atoms with Gasteiger partial charge in [-0.05, 0) is 59.0 Å². The number of aromatic nitrogens is 5. The van der Waals surface area contributed by atoms with E-state index in [0.29, 0.717) is 47.0 Å². The van der Waals surface area contributed by atoms with Crippen LogP contribution in [0.25, 0.3) is 22.6 Å². The van der Waals surface area contributed by atoms with Gasteiger partial charge in [-0.25, -0.2) is 14.6 Å². The Morgan fingerprint density at radius 1 is 1.11 bits per heavy atom. The number of halogens is 1. The van der Waals surface area contributed by atoms with Gasteiger partial charge in [0.05, 0.1) is 17.6 Å². The first-order chi connectivity index (χ1) is 17.4. The molecule has 0 aromatic carbocycles. The number of likely N-dealkylation sites (tertiary alicyclic amines) is 1. The summed E-state index contributed by atoms with van der Waals surface area (Å²) in [4.78, 5) is 24.7. The first kappa shape index (κ1) is 28.3. The van der Waals surface area contributed by atoms with Gasteiger partial charge >= 0.3 is 0 Å². The summed E-state index contributed by atoms with van der Waals surface area (Å²) in [7, 11) is 0. The van der Waals surface area contributed by atoms with Gasteiger partial charge in [-0.15, -0.1) is 0 Å². The standard InChI is InChI=1S/C25H35ClN6O2.C2H6/c1-5-7-11-18-21(30-34-22(18)19(33)12-8-6-2)24-27-23(26)20-17(4)29-32(25(20)28-24)15-16(3)31-13-9-10-14-31;1-2/h16H,5-15H2,1-4H3;1-2H3/t16-;/m0./s1. The average molecular weight is 517 g/mol. The lowest BCUT2D eigenvalue weighted by molar-refractivity contribution is 0.0942. The van der Waals surface area contributed by atoms with Crippen LogP contribution < -0.4 is 0 Å². The summed E-state index contributed by atoms with van der Waals surface area (Å²) in [6.07, 6.45) is 7.31. The van der Waals surface area contributed by atoms with Crippen molar-refractivity contribution in [2.24, 2.45) is 0 Å². The van der Waals surface area contributed by atoms with Crippen LogP contribution in [0.3, 0.4) is 0 Å². The number of rotatable bonds is 11. The van der Waals surface area contributed by atoms with Crippen molar-refractivity contribution in [3.05, 3.63) is 22.2 Å². The molecule has 0 N–H and O–H groups in total. The van der Waals surface area contributed by atoms with Crippen LogP contribution in [0.1, 0.15) is 101 Å². The average Bonchev–Trinajstić information content (AvgIpc) is 3.62. The highest BCUT2D eigenvalue weighted by molar-refractivity contribution is 6.34. The van der Waals surface area contributed by atoms with Crippen LogP contribution in [0.15, 0.2) is 4.52 Å². The van der Waals surface area contributed by atoms with E-state index in [2.05, 4.69) is 35.8 Å². The van der Waals surface area contributed by atoms with Gasteiger partial charge < -0.3 is 4.52 Å². The molecule has 0 bridgehead atoms. The molecule has 36 heavy (non-hydrogen) atoms. The molecule has 198 valence electrons. The molecule has 0 unspecified atom stereocenters. The molecule has 3 aromatic rings. The Kier molecular flexibility index (Phi) is 10.4. The third-order valence-electron chi connectivity index (χ3n) is 6.71. The highest BCUT2D eigenvalue weighted by Crippen LogP contribution is 2.31. The number of unbranched alkanes of at least 4 members (excludes halogenated alkanes) is 2. The van der Waals surface area contributed by atoms with E-state index in [0.717, 1.165) is 62.0 Å². The predicted octanol–water partition coefficient (Wildman–Crippen LogP) is 6.67. The number of carbonyl (C=O) groups excluding carboxylic acids is 1. The minimum Gasteiger partial charge on any atom is -0.352 e. The highest BCUT2D eigenvalue weighted by atomic mass is 35.5. The fourth-order valence-corrected chi connectivity index (χ4v) is 5.02. The van der Waals surface area contributed by atoms with E-state index >= 15 is 0 Å². The third-order valence-corrected chi connectivity index (χ3v) is 6.99. The van der Waals surface area contributed by atoms with E-state index in [1.54, 1.807) is 0 Å². The van der Waals surface area contributed by atoms with Gasteiger partial charge in [-0.2, -0.15) is 5.10 Å². The molecule has 1 fully saturated rings. The Morgan fingerprint density at radius 2 is 1.81 bits per heavy atom.